The summed E-state index contributed by atoms with van der Waals surface area (Å²) in [6, 6.07) is 12.7. The Balaban J connectivity index is 1.44. The van der Waals surface area contributed by atoms with Crippen LogP contribution in [0.1, 0.15) is 71.8 Å². The smallest absolute Gasteiger partial charge is 0.251 e. The maximum Gasteiger partial charge on any atom is 0.251 e. The Morgan fingerprint density at radius 2 is 1.82 bits per heavy atom. The summed E-state index contributed by atoms with van der Waals surface area (Å²) >= 11 is -1.45. The van der Waals surface area contributed by atoms with Crippen LogP contribution in [0.2, 0.25) is 18.1 Å². The van der Waals surface area contributed by atoms with Gasteiger partial charge >= 0.3 is 0 Å². The van der Waals surface area contributed by atoms with Crippen LogP contribution in [0.4, 0.5) is 8.78 Å². The maximum absolute atomic E-state index is 13.9. The summed E-state index contributed by atoms with van der Waals surface area (Å²) in [5.74, 6) is -2.63. The highest BCUT2D eigenvalue weighted by Gasteiger charge is 2.51. The van der Waals surface area contributed by atoms with Gasteiger partial charge in [0, 0.05) is 41.4 Å². The lowest BCUT2D eigenvalue weighted by Crippen LogP contribution is -2.48. The molecule has 1 aliphatic carbocycles. The Morgan fingerprint density at radius 3 is 2.48 bits per heavy atom. The largest absolute Gasteiger partial charge is 0.598 e. The molecule has 0 bridgehead atoms. The van der Waals surface area contributed by atoms with Crippen molar-refractivity contribution < 1.29 is 17.8 Å². The summed E-state index contributed by atoms with van der Waals surface area (Å²) in [7, 11) is -1.95. The zero-order chi connectivity index (χ0) is 32.1. The second-order valence-corrected chi connectivity index (χ2v) is 21.0. The fraction of sp³-hybridized carbons (Fsp3) is 0.500. The normalized spacial score (nSPS) is 17.4. The van der Waals surface area contributed by atoms with Crippen LogP contribution in [0.5, 0.6) is 0 Å². The van der Waals surface area contributed by atoms with E-state index in [4.69, 9.17) is 14.4 Å². The average Bonchev–Trinajstić information content (AvgIpc) is 3.36. The molecule has 44 heavy (non-hydrogen) atoms. The van der Waals surface area contributed by atoms with E-state index >= 15 is 0 Å². The number of hydrogen-bond acceptors (Lipinski definition) is 7. The molecule has 1 saturated carbocycles. The SMILES string of the molecule is CC(C)(C)[S+]([O-])N[C@H](c1cccc(-c2ccc3cnn(-c4nccc(CO[Si](C)(C)C(C)(C)C)n4)c3c2)n1)C1CC(F)(F)C1. The summed E-state index contributed by atoms with van der Waals surface area (Å²) in [5, 5.41) is 5.57. The molecule has 2 atom stereocenters. The quantitative estimate of drug-likeness (QED) is 0.149. The van der Waals surface area contributed by atoms with E-state index in [9.17, 15) is 13.3 Å². The van der Waals surface area contributed by atoms with Crippen molar-refractivity contribution in [3.05, 3.63) is 66.2 Å². The fourth-order valence-electron chi connectivity index (χ4n) is 4.79. The third kappa shape index (κ3) is 7.04. The van der Waals surface area contributed by atoms with E-state index in [1.165, 1.54) is 0 Å². The van der Waals surface area contributed by atoms with Crippen LogP contribution in [-0.2, 0) is 22.4 Å². The number of halogens is 2. The Morgan fingerprint density at radius 1 is 1.09 bits per heavy atom. The van der Waals surface area contributed by atoms with E-state index in [1.807, 2.05) is 63.2 Å². The van der Waals surface area contributed by atoms with Crippen LogP contribution in [0.3, 0.4) is 0 Å². The van der Waals surface area contributed by atoms with Gasteiger partial charge in [0.25, 0.3) is 5.95 Å². The minimum absolute atomic E-state index is 0.0888. The van der Waals surface area contributed by atoms with Gasteiger partial charge in [0.2, 0.25) is 5.92 Å². The van der Waals surface area contributed by atoms with Gasteiger partial charge < -0.3 is 8.98 Å². The molecule has 1 unspecified atom stereocenters. The Hall–Kier alpha value is -2.77. The summed E-state index contributed by atoms with van der Waals surface area (Å²) < 4.78 is 51.4. The van der Waals surface area contributed by atoms with Crippen LogP contribution >= 0.6 is 0 Å². The van der Waals surface area contributed by atoms with E-state index in [0.717, 1.165) is 22.2 Å². The van der Waals surface area contributed by atoms with E-state index in [2.05, 4.69) is 48.7 Å². The number of nitrogens with zero attached hydrogens (tertiary/aromatic N) is 5. The molecule has 1 fully saturated rings. The van der Waals surface area contributed by atoms with Crippen molar-refractivity contribution in [2.75, 3.05) is 0 Å². The first-order chi connectivity index (χ1) is 20.4. The van der Waals surface area contributed by atoms with Gasteiger partial charge in [-0.1, -0.05) is 39.0 Å². The van der Waals surface area contributed by atoms with E-state index in [0.29, 0.717) is 23.9 Å². The van der Waals surface area contributed by atoms with Crippen molar-refractivity contribution in [1.29, 1.82) is 0 Å². The van der Waals surface area contributed by atoms with Crippen LogP contribution in [0, 0.1) is 5.92 Å². The first-order valence-corrected chi connectivity index (χ1v) is 19.0. The molecular weight excluding hydrogens is 599 g/mol. The molecule has 0 aliphatic heterocycles. The Labute approximate surface area is 262 Å². The van der Waals surface area contributed by atoms with Crippen molar-refractivity contribution >= 4 is 30.6 Å². The predicted molar refractivity (Wildman–Crippen MR) is 173 cm³/mol. The van der Waals surface area contributed by atoms with Gasteiger partial charge in [-0.2, -0.15) is 9.78 Å². The van der Waals surface area contributed by atoms with Gasteiger partial charge in [-0.15, -0.1) is 4.72 Å². The molecule has 3 heterocycles. The maximum atomic E-state index is 13.9. The number of hydrogen-bond donors (Lipinski definition) is 1. The number of rotatable bonds is 9. The third-order valence-electron chi connectivity index (χ3n) is 8.62. The lowest BCUT2D eigenvalue weighted by molar-refractivity contribution is -0.118. The van der Waals surface area contributed by atoms with Crippen molar-refractivity contribution in [3.8, 4) is 17.2 Å². The minimum atomic E-state index is -2.70. The Kier molecular flexibility index (Phi) is 8.80. The summed E-state index contributed by atoms with van der Waals surface area (Å²) in [6.45, 7) is 17.0. The summed E-state index contributed by atoms with van der Waals surface area (Å²) in [5.41, 5.74) is 3.68. The lowest BCUT2D eigenvalue weighted by atomic mass is 9.75. The number of fused-ring (bicyclic) bond motifs is 1. The highest BCUT2D eigenvalue weighted by atomic mass is 32.2. The monoisotopic (exact) mass is 640 g/mol. The topological polar surface area (TPSA) is 101 Å². The van der Waals surface area contributed by atoms with E-state index in [1.54, 1.807) is 17.1 Å². The first kappa shape index (κ1) is 32.6. The Bertz CT molecular complexity index is 1630. The molecule has 236 valence electrons. The van der Waals surface area contributed by atoms with Crippen molar-refractivity contribution in [3.63, 3.8) is 0 Å². The number of alkyl halides is 2. The molecule has 1 aliphatic rings. The standard InChI is InChI=1S/C32H42F2N6O2SSi/c1-30(2,3)43(41)39-28(23-17-32(33,34)18-23)26-11-9-10-25(38-26)21-12-13-22-19-36-40(27(22)16-21)29-35-15-14-24(37-29)20-42-44(7,8)31(4,5)6/h9-16,19,23,28,39H,17-18,20H2,1-8H3/t28-,43?/m0/s1. The third-order valence-corrected chi connectivity index (χ3v) is 14.7. The zero-order valence-corrected chi connectivity index (χ0v) is 28.5. The molecule has 8 nitrogen and oxygen atoms in total. The minimum Gasteiger partial charge on any atom is -0.598 e. The molecule has 5 rings (SSSR count). The van der Waals surface area contributed by atoms with Gasteiger partial charge in [0.1, 0.15) is 4.75 Å². The molecule has 3 aromatic heterocycles. The molecule has 4 aromatic rings. The zero-order valence-electron chi connectivity index (χ0n) is 26.7. The second-order valence-electron chi connectivity index (χ2n) is 14.2. The fourth-order valence-corrected chi connectivity index (χ4v) is 6.63. The summed E-state index contributed by atoms with van der Waals surface area (Å²) in [6.07, 6.45) is 2.96. The number of aromatic nitrogens is 5. The van der Waals surface area contributed by atoms with Crippen LogP contribution in [0.15, 0.2) is 54.9 Å². The molecule has 12 heteroatoms. The van der Waals surface area contributed by atoms with Crippen LogP contribution in [0.25, 0.3) is 28.1 Å². The highest BCUT2D eigenvalue weighted by molar-refractivity contribution is 7.90. The molecule has 0 radical (unpaired) electrons. The van der Waals surface area contributed by atoms with Crippen LogP contribution < -0.4 is 4.72 Å². The molecular formula is C32H42F2N6O2SSi. The average molecular weight is 641 g/mol. The van der Waals surface area contributed by atoms with Crippen molar-refractivity contribution in [2.24, 2.45) is 5.92 Å². The van der Waals surface area contributed by atoms with Crippen LogP contribution in [-0.4, -0.2) is 48.3 Å². The van der Waals surface area contributed by atoms with E-state index in [-0.39, 0.29) is 23.8 Å². The highest BCUT2D eigenvalue weighted by Crippen LogP contribution is 2.48. The molecule has 1 N–H and O–H groups in total. The van der Waals surface area contributed by atoms with Gasteiger partial charge in [-0.3, -0.25) is 4.98 Å². The molecule has 0 spiro atoms. The van der Waals surface area contributed by atoms with Gasteiger partial charge in [0.05, 0.1) is 41.4 Å². The second kappa shape index (κ2) is 11.9. The molecule has 1 aromatic carbocycles. The lowest BCUT2D eigenvalue weighted by Gasteiger charge is -2.40. The number of nitrogens with one attached hydrogen (secondary N) is 1. The molecule has 0 amide bonds. The van der Waals surface area contributed by atoms with E-state index < -0.39 is 36.4 Å². The number of benzene rings is 1. The first-order valence-electron chi connectivity index (χ1n) is 14.9. The van der Waals surface area contributed by atoms with Crippen molar-refractivity contribution in [1.82, 2.24) is 29.5 Å². The number of pyridine rings is 1. The summed E-state index contributed by atoms with van der Waals surface area (Å²) in [4.78, 5) is 14.1. The van der Waals surface area contributed by atoms with Gasteiger partial charge in [0.15, 0.2) is 8.32 Å². The molecule has 0 saturated heterocycles. The van der Waals surface area contributed by atoms with Gasteiger partial charge in [-0.05, 0) is 69.1 Å². The van der Waals surface area contributed by atoms with Crippen molar-refractivity contribution in [2.45, 2.75) is 95.8 Å². The predicted octanol–water partition coefficient (Wildman–Crippen LogP) is 7.54. The van der Waals surface area contributed by atoms with Gasteiger partial charge in [-0.25, -0.2) is 18.7 Å².